The summed E-state index contributed by atoms with van der Waals surface area (Å²) in [5, 5.41) is 2.84. The smallest absolute Gasteiger partial charge is 0.122 e. The molecule has 0 saturated heterocycles. The molecule has 0 aliphatic rings. The number of methoxy groups -OCH3 is 1. The van der Waals surface area contributed by atoms with Gasteiger partial charge >= 0.3 is 0 Å². The number of rotatable bonds is 5. The molecule has 0 aliphatic heterocycles. The van der Waals surface area contributed by atoms with Gasteiger partial charge in [-0.1, -0.05) is 11.6 Å². The summed E-state index contributed by atoms with van der Waals surface area (Å²) in [4.78, 5) is 1.37. The molecule has 0 saturated carbocycles. The van der Waals surface area contributed by atoms with Crippen molar-refractivity contribution in [1.29, 1.82) is 0 Å². The normalized spacial score (nSPS) is 12.4. The third-order valence-corrected chi connectivity index (χ3v) is 4.60. The van der Waals surface area contributed by atoms with E-state index in [0.29, 0.717) is 6.54 Å². The molecule has 1 heterocycles. The van der Waals surface area contributed by atoms with Crippen LogP contribution in [0.1, 0.15) is 21.9 Å². The van der Waals surface area contributed by atoms with Gasteiger partial charge in [-0.3, -0.25) is 0 Å². The zero-order valence-electron chi connectivity index (χ0n) is 11.2. The van der Waals surface area contributed by atoms with Gasteiger partial charge in [0.2, 0.25) is 0 Å². The molecule has 1 unspecified atom stereocenters. The summed E-state index contributed by atoms with van der Waals surface area (Å²) in [5.41, 5.74) is 8.36. The summed E-state index contributed by atoms with van der Waals surface area (Å²) in [7, 11) is 1.68. The van der Waals surface area contributed by atoms with Crippen molar-refractivity contribution in [2.75, 3.05) is 13.7 Å². The Bertz CT molecular complexity index is 553. The SMILES string of the molecule is COc1ccc(Cl)cc1C(CN)Cc1sccc1C. The number of benzene rings is 1. The van der Waals surface area contributed by atoms with E-state index in [2.05, 4.69) is 18.4 Å². The lowest BCUT2D eigenvalue weighted by atomic mass is 9.93. The lowest BCUT2D eigenvalue weighted by Gasteiger charge is -2.18. The first-order valence-electron chi connectivity index (χ1n) is 6.22. The molecule has 2 aromatic rings. The second kappa shape index (κ2) is 6.42. The van der Waals surface area contributed by atoms with Gasteiger partial charge in [0.05, 0.1) is 7.11 Å². The number of halogens is 1. The quantitative estimate of drug-likeness (QED) is 0.905. The molecule has 102 valence electrons. The van der Waals surface area contributed by atoms with Gasteiger partial charge in [0, 0.05) is 21.4 Å². The van der Waals surface area contributed by atoms with Crippen LogP contribution in [0.3, 0.4) is 0 Å². The Labute approximate surface area is 123 Å². The van der Waals surface area contributed by atoms with Crippen molar-refractivity contribution in [2.24, 2.45) is 5.73 Å². The monoisotopic (exact) mass is 295 g/mol. The highest BCUT2D eigenvalue weighted by atomic mass is 35.5. The third-order valence-electron chi connectivity index (χ3n) is 3.32. The summed E-state index contributed by atoms with van der Waals surface area (Å²) in [5.74, 6) is 1.08. The van der Waals surface area contributed by atoms with Crippen molar-refractivity contribution in [1.82, 2.24) is 0 Å². The predicted molar refractivity (Wildman–Crippen MR) is 82.6 cm³/mol. The maximum atomic E-state index is 6.09. The lowest BCUT2D eigenvalue weighted by Crippen LogP contribution is -2.16. The zero-order valence-corrected chi connectivity index (χ0v) is 12.7. The van der Waals surface area contributed by atoms with E-state index in [1.165, 1.54) is 10.4 Å². The standard InChI is InChI=1S/C15H18ClNOS/c1-10-5-6-19-15(10)7-11(9-17)13-8-12(16)3-4-14(13)18-2/h3-6,8,11H,7,9,17H2,1-2H3. The van der Waals surface area contributed by atoms with E-state index in [-0.39, 0.29) is 5.92 Å². The van der Waals surface area contributed by atoms with Crippen LogP contribution in [0.25, 0.3) is 0 Å². The number of aryl methyl sites for hydroxylation is 1. The Hall–Kier alpha value is -1.03. The number of hydrogen-bond acceptors (Lipinski definition) is 3. The molecule has 0 bridgehead atoms. The molecular weight excluding hydrogens is 278 g/mol. The predicted octanol–water partition coefficient (Wildman–Crippen LogP) is 4.00. The lowest BCUT2D eigenvalue weighted by molar-refractivity contribution is 0.405. The largest absolute Gasteiger partial charge is 0.496 e. The number of nitrogens with two attached hydrogens (primary N) is 1. The highest BCUT2D eigenvalue weighted by Crippen LogP contribution is 2.33. The molecule has 0 amide bonds. The van der Waals surface area contributed by atoms with Gasteiger partial charge in [0.25, 0.3) is 0 Å². The topological polar surface area (TPSA) is 35.2 Å². The van der Waals surface area contributed by atoms with E-state index in [9.17, 15) is 0 Å². The van der Waals surface area contributed by atoms with Gasteiger partial charge < -0.3 is 10.5 Å². The second-order valence-electron chi connectivity index (χ2n) is 4.55. The van der Waals surface area contributed by atoms with E-state index in [1.807, 2.05) is 18.2 Å². The minimum absolute atomic E-state index is 0.228. The zero-order chi connectivity index (χ0) is 13.8. The van der Waals surface area contributed by atoms with E-state index in [0.717, 1.165) is 22.8 Å². The molecule has 0 fully saturated rings. The van der Waals surface area contributed by atoms with Crippen molar-refractivity contribution in [3.63, 3.8) is 0 Å². The Kier molecular flexibility index (Phi) is 4.86. The average molecular weight is 296 g/mol. The van der Waals surface area contributed by atoms with Crippen LogP contribution in [-0.4, -0.2) is 13.7 Å². The average Bonchev–Trinajstić information content (AvgIpc) is 2.81. The highest BCUT2D eigenvalue weighted by Gasteiger charge is 2.17. The van der Waals surface area contributed by atoms with Crippen molar-refractivity contribution in [2.45, 2.75) is 19.3 Å². The maximum absolute atomic E-state index is 6.09. The second-order valence-corrected chi connectivity index (χ2v) is 5.99. The molecule has 0 spiro atoms. The van der Waals surface area contributed by atoms with E-state index in [1.54, 1.807) is 18.4 Å². The number of ether oxygens (including phenoxy) is 1. The Balaban J connectivity index is 2.31. The van der Waals surface area contributed by atoms with Crippen molar-refractivity contribution in [3.05, 3.63) is 50.7 Å². The van der Waals surface area contributed by atoms with Gasteiger partial charge in [-0.15, -0.1) is 11.3 Å². The Morgan fingerprint density at radius 3 is 2.74 bits per heavy atom. The number of thiophene rings is 1. The Morgan fingerprint density at radius 1 is 1.37 bits per heavy atom. The van der Waals surface area contributed by atoms with Crippen LogP contribution in [0.2, 0.25) is 5.02 Å². The van der Waals surface area contributed by atoms with Gasteiger partial charge in [0.1, 0.15) is 5.75 Å². The van der Waals surface area contributed by atoms with Gasteiger partial charge in [-0.2, -0.15) is 0 Å². The van der Waals surface area contributed by atoms with Gasteiger partial charge in [0.15, 0.2) is 0 Å². The minimum Gasteiger partial charge on any atom is -0.496 e. The first-order valence-corrected chi connectivity index (χ1v) is 7.48. The first-order chi connectivity index (χ1) is 9.15. The molecular formula is C15H18ClNOS. The van der Waals surface area contributed by atoms with Crippen LogP contribution in [0.4, 0.5) is 0 Å². The summed E-state index contributed by atoms with van der Waals surface area (Å²) >= 11 is 7.87. The van der Waals surface area contributed by atoms with Gasteiger partial charge in [-0.25, -0.2) is 0 Å². The summed E-state index contributed by atoms with van der Waals surface area (Å²) in [6.07, 6.45) is 0.927. The molecule has 0 aliphatic carbocycles. The van der Waals surface area contributed by atoms with Crippen LogP contribution in [0.5, 0.6) is 5.75 Å². The van der Waals surface area contributed by atoms with E-state index in [4.69, 9.17) is 22.1 Å². The van der Waals surface area contributed by atoms with Crippen molar-refractivity contribution < 1.29 is 4.74 Å². The summed E-state index contributed by atoms with van der Waals surface area (Å²) in [6, 6.07) is 7.85. The molecule has 2 nitrogen and oxygen atoms in total. The molecule has 1 atom stereocenters. The fourth-order valence-corrected chi connectivity index (χ4v) is 3.35. The fourth-order valence-electron chi connectivity index (χ4n) is 2.18. The molecule has 19 heavy (non-hydrogen) atoms. The highest BCUT2D eigenvalue weighted by molar-refractivity contribution is 7.10. The van der Waals surface area contributed by atoms with Crippen LogP contribution in [0.15, 0.2) is 29.6 Å². The maximum Gasteiger partial charge on any atom is 0.122 e. The van der Waals surface area contributed by atoms with Gasteiger partial charge in [-0.05, 0) is 55.1 Å². The minimum atomic E-state index is 0.228. The molecule has 1 aromatic heterocycles. The molecule has 2 rings (SSSR count). The molecule has 4 heteroatoms. The molecule has 2 N–H and O–H groups in total. The Morgan fingerprint density at radius 2 is 2.16 bits per heavy atom. The summed E-state index contributed by atoms with van der Waals surface area (Å²) < 4.78 is 5.42. The van der Waals surface area contributed by atoms with Crippen molar-refractivity contribution >= 4 is 22.9 Å². The van der Waals surface area contributed by atoms with Crippen molar-refractivity contribution in [3.8, 4) is 5.75 Å². The molecule has 1 aromatic carbocycles. The van der Waals surface area contributed by atoms with Crippen LogP contribution in [0, 0.1) is 6.92 Å². The molecule has 0 radical (unpaired) electrons. The first kappa shape index (κ1) is 14.4. The summed E-state index contributed by atoms with van der Waals surface area (Å²) in [6.45, 7) is 2.71. The van der Waals surface area contributed by atoms with E-state index < -0.39 is 0 Å². The van der Waals surface area contributed by atoms with Crippen LogP contribution < -0.4 is 10.5 Å². The van der Waals surface area contributed by atoms with Crippen LogP contribution >= 0.6 is 22.9 Å². The third kappa shape index (κ3) is 3.30. The number of hydrogen-bond donors (Lipinski definition) is 1. The fraction of sp³-hybridized carbons (Fsp3) is 0.333. The van der Waals surface area contributed by atoms with E-state index >= 15 is 0 Å². The van der Waals surface area contributed by atoms with Crippen LogP contribution in [-0.2, 0) is 6.42 Å².